The van der Waals surface area contributed by atoms with Gasteiger partial charge in [-0.2, -0.15) is 0 Å². The van der Waals surface area contributed by atoms with Crippen molar-refractivity contribution in [3.05, 3.63) is 105 Å². The van der Waals surface area contributed by atoms with Crippen molar-refractivity contribution in [1.82, 2.24) is 23.9 Å². The van der Waals surface area contributed by atoms with Crippen molar-refractivity contribution >= 4 is 28.3 Å². The van der Waals surface area contributed by atoms with Crippen molar-refractivity contribution in [2.45, 2.75) is 17.8 Å². The molecule has 0 amide bonds. The topological polar surface area (TPSA) is 82.1 Å². The molecule has 152 valence electrons. The van der Waals surface area contributed by atoms with Crippen molar-refractivity contribution < 1.29 is 0 Å². The quantitative estimate of drug-likeness (QED) is 0.323. The number of para-hydroxylation sites is 1. The number of hydrogen-bond donors (Lipinski definition) is 0. The van der Waals surface area contributed by atoms with Gasteiger partial charge in [0, 0.05) is 24.2 Å². The van der Waals surface area contributed by atoms with Gasteiger partial charge < -0.3 is 0 Å². The van der Waals surface area contributed by atoms with Crippen LogP contribution in [-0.4, -0.2) is 23.9 Å². The minimum Gasteiger partial charge on any atom is -0.269 e. The molecule has 0 spiro atoms. The Morgan fingerprint density at radius 3 is 2.65 bits per heavy atom. The Bertz CT molecular complexity index is 1540. The summed E-state index contributed by atoms with van der Waals surface area (Å²) in [5.74, 6) is 0.889. The summed E-state index contributed by atoms with van der Waals surface area (Å²) in [6, 6.07) is 17.9. The Balaban J connectivity index is 1.60. The van der Waals surface area contributed by atoms with E-state index >= 15 is 0 Å². The minimum absolute atomic E-state index is 0.148. The van der Waals surface area contributed by atoms with Crippen molar-refractivity contribution in [3.8, 4) is 5.82 Å². The standard InChI is InChI=1S/C23H17N5O2S/c1-15-9-10-19(24-13-15)28-22(30)17-6-2-3-7-18(17)26-23(28)31-14-16-12-21(29)27-11-5-4-8-20(27)25-16/h2-13H,14H2,1H3. The monoisotopic (exact) mass is 427 g/mol. The Kier molecular flexibility index (Phi) is 4.83. The van der Waals surface area contributed by atoms with Gasteiger partial charge in [0.15, 0.2) is 5.16 Å². The highest BCUT2D eigenvalue weighted by Crippen LogP contribution is 2.23. The van der Waals surface area contributed by atoms with Crippen molar-refractivity contribution in [2.75, 3.05) is 0 Å². The van der Waals surface area contributed by atoms with E-state index in [4.69, 9.17) is 4.98 Å². The number of rotatable bonds is 4. The number of hydrogen-bond acceptors (Lipinski definition) is 6. The molecule has 4 heterocycles. The second-order valence-corrected chi connectivity index (χ2v) is 7.99. The molecule has 0 saturated heterocycles. The maximum atomic E-state index is 13.3. The largest absolute Gasteiger partial charge is 0.269 e. The van der Waals surface area contributed by atoms with Crippen LogP contribution in [0.4, 0.5) is 0 Å². The second-order valence-electron chi connectivity index (χ2n) is 7.05. The molecule has 0 N–H and O–H groups in total. The molecule has 8 heteroatoms. The summed E-state index contributed by atoms with van der Waals surface area (Å²) < 4.78 is 3.01. The van der Waals surface area contributed by atoms with E-state index < -0.39 is 0 Å². The molecule has 5 aromatic rings. The van der Waals surface area contributed by atoms with Crippen molar-refractivity contribution in [1.29, 1.82) is 0 Å². The molecule has 1 aromatic carbocycles. The number of aryl methyl sites for hydroxylation is 1. The SMILES string of the molecule is Cc1ccc(-n2c(SCc3cc(=O)n4ccccc4n3)nc3ccccc3c2=O)nc1. The summed E-state index contributed by atoms with van der Waals surface area (Å²) in [6.07, 6.45) is 3.41. The van der Waals surface area contributed by atoms with E-state index in [1.54, 1.807) is 36.7 Å². The predicted octanol–water partition coefficient (Wildman–Crippen LogP) is 3.39. The molecule has 0 aliphatic rings. The molecular weight excluding hydrogens is 410 g/mol. The van der Waals surface area contributed by atoms with E-state index in [2.05, 4.69) is 9.97 Å². The first-order valence-electron chi connectivity index (χ1n) is 9.65. The van der Waals surface area contributed by atoms with Gasteiger partial charge in [-0.1, -0.05) is 36.0 Å². The van der Waals surface area contributed by atoms with Crippen LogP contribution >= 0.6 is 11.8 Å². The normalized spacial score (nSPS) is 11.3. The molecule has 0 fully saturated rings. The van der Waals surface area contributed by atoms with E-state index in [-0.39, 0.29) is 11.1 Å². The highest BCUT2D eigenvalue weighted by Gasteiger charge is 2.15. The van der Waals surface area contributed by atoms with Crippen LogP contribution in [0.3, 0.4) is 0 Å². The third-order valence-corrected chi connectivity index (χ3v) is 5.82. The Hall–Kier alpha value is -3.78. The first-order valence-corrected chi connectivity index (χ1v) is 10.6. The van der Waals surface area contributed by atoms with E-state index in [1.165, 1.54) is 26.8 Å². The summed E-state index contributed by atoms with van der Waals surface area (Å²) in [5.41, 5.74) is 2.48. The van der Waals surface area contributed by atoms with E-state index in [0.717, 1.165) is 5.56 Å². The Labute approximate surface area is 181 Å². The molecule has 4 aromatic heterocycles. The molecule has 0 aliphatic heterocycles. The van der Waals surface area contributed by atoms with Gasteiger partial charge in [-0.3, -0.25) is 14.0 Å². The van der Waals surface area contributed by atoms with Crippen LogP contribution in [0, 0.1) is 6.92 Å². The average molecular weight is 427 g/mol. The number of fused-ring (bicyclic) bond motifs is 2. The number of pyridine rings is 2. The average Bonchev–Trinajstić information content (AvgIpc) is 2.79. The van der Waals surface area contributed by atoms with Crippen LogP contribution in [0.2, 0.25) is 0 Å². The molecule has 0 bridgehead atoms. The van der Waals surface area contributed by atoms with E-state index in [1.807, 2.05) is 37.3 Å². The molecular formula is C23H17N5O2S. The van der Waals surface area contributed by atoms with Gasteiger partial charge in [0.25, 0.3) is 11.1 Å². The fourth-order valence-corrected chi connectivity index (χ4v) is 4.21. The van der Waals surface area contributed by atoms with Crippen LogP contribution in [0.1, 0.15) is 11.3 Å². The van der Waals surface area contributed by atoms with Crippen LogP contribution in [0.25, 0.3) is 22.4 Å². The molecule has 7 nitrogen and oxygen atoms in total. The number of thioether (sulfide) groups is 1. The molecule has 31 heavy (non-hydrogen) atoms. The Morgan fingerprint density at radius 1 is 0.968 bits per heavy atom. The lowest BCUT2D eigenvalue weighted by Gasteiger charge is -2.12. The first-order chi connectivity index (χ1) is 15.1. The van der Waals surface area contributed by atoms with E-state index in [9.17, 15) is 9.59 Å². The highest BCUT2D eigenvalue weighted by molar-refractivity contribution is 7.98. The Morgan fingerprint density at radius 2 is 1.81 bits per heavy atom. The van der Waals surface area contributed by atoms with Gasteiger partial charge in [0.1, 0.15) is 11.5 Å². The summed E-state index contributed by atoms with van der Waals surface area (Å²) in [4.78, 5) is 39.4. The predicted molar refractivity (Wildman–Crippen MR) is 121 cm³/mol. The zero-order valence-corrected chi connectivity index (χ0v) is 17.4. The van der Waals surface area contributed by atoms with Crippen molar-refractivity contribution in [2.24, 2.45) is 0 Å². The third-order valence-electron chi connectivity index (χ3n) is 4.84. The first kappa shape index (κ1) is 19.2. The van der Waals surface area contributed by atoms with Gasteiger partial charge in [-0.05, 0) is 42.8 Å². The van der Waals surface area contributed by atoms with Crippen LogP contribution in [-0.2, 0) is 5.75 Å². The third kappa shape index (κ3) is 3.62. The highest BCUT2D eigenvalue weighted by atomic mass is 32.2. The number of benzene rings is 1. The maximum Gasteiger partial charge on any atom is 0.267 e. The summed E-state index contributed by atoms with van der Waals surface area (Å²) in [6.45, 7) is 1.94. The van der Waals surface area contributed by atoms with Crippen LogP contribution in [0.15, 0.2) is 87.8 Å². The van der Waals surface area contributed by atoms with Gasteiger partial charge >= 0.3 is 0 Å². The zero-order chi connectivity index (χ0) is 21.4. The fraction of sp³-hybridized carbons (Fsp3) is 0.0870. The smallest absolute Gasteiger partial charge is 0.267 e. The molecule has 5 rings (SSSR count). The van der Waals surface area contributed by atoms with Crippen molar-refractivity contribution in [3.63, 3.8) is 0 Å². The second kappa shape index (κ2) is 7.81. The van der Waals surface area contributed by atoms with Gasteiger partial charge in [0.2, 0.25) is 0 Å². The molecule has 0 unspecified atom stereocenters. The van der Waals surface area contributed by atoms with E-state index in [0.29, 0.717) is 39.0 Å². The molecule has 0 aliphatic carbocycles. The molecule has 0 radical (unpaired) electrons. The maximum absolute atomic E-state index is 13.3. The fourth-order valence-electron chi connectivity index (χ4n) is 3.32. The lowest BCUT2D eigenvalue weighted by molar-refractivity contribution is 0.794. The van der Waals surface area contributed by atoms with Gasteiger partial charge in [0.05, 0.1) is 16.6 Å². The lowest BCUT2D eigenvalue weighted by Crippen LogP contribution is -2.22. The summed E-state index contributed by atoms with van der Waals surface area (Å²) in [5, 5.41) is 1.02. The summed E-state index contributed by atoms with van der Waals surface area (Å²) in [7, 11) is 0. The lowest BCUT2D eigenvalue weighted by atomic mass is 10.2. The summed E-state index contributed by atoms with van der Waals surface area (Å²) >= 11 is 1.35. The molecule has 0 atom stereocenters. The molecule has 0 saturated carbocycles. The minimum atomic E-state index is -0.184. The number of aromatic nitrogens is 5. The van der Waals surface area contributed by atoms with Crippen LogP contribution in [0.5, 0.6) is 0 Å². The number of nitrogens with zero attached hydrogens (tertiary/aromatic N) is 5. The van der Waals surface area contributed by atoms with Crippen LogP contribution < -0.4 is 11.1 Å². The van der Waals surface area contributed by atoms with Gasteiger partial charge in [-0.25, -0.2) is 19.5 Å². The zero-order valence-electron chi connectivity index (χ0n) is 16.6. The van der Waals surface area contributed by atoms with Gasteiger partial charge in [-0.15, -0.1) is 0 Å².